The van der Waals surface area contributed by atoms with Crippen molar-refractivity contribution in [1.82, 2.24) is 4.98 Å². The summed E-state index contributed by atoms with van der Waals surface area (Å²) in [6, 6.07) is 7.82. The van der Waals surface area contributed by atoms with Crippen molar-refractivity contribution in [2.24, 2.45) is 0 Å². The maximum atomic E-state index is 5.60. The molecule has 0 spiro atoms. The molecule has 3 N–H and O–H groups in total. The third kappa shape index (κ3) is 1.12. The molecule has 1 aromatic heterocycles. The molecule has 0 aliphatic rings. The lowest BCUT2D eigenvalue weighted by molar-refractivity contribution is 1.41. The van der Waals surface area contributed by atoms with E-state index in [9.17, 15) is 0 Å². The van der Waals surface area contributed by atoms with Gasteiger partial charge in [0.15, 0.2) is 0 Å². The molecule has 0 fully saturated rings. The summed E-state index contributed by atoms with van der Waals surface area (Å²) in [4.78, 5) is 3.14. The minimum absolute atomic E-state index is 0.784. The molecule has 3 heteroatoms. The first-order valence-electron chi connectivity index (χ1n) is 3.29. The van der Waals surface area contributed by atoms with E-state index in [1.807, 2.05) is 24.3 Å². The number of rotatable bonds is 0. The van der Waals surface area contributed by atoms with Gasteiger partial charge in [-0.05, 0) is 34.1 Å². The third-order valence-electron chi connectivity index (χ3n) is 1.61. The molecule has 2 rings (SSSR count). The van der Waals surface area contributed by atoms with Crippen molar-refractivity contribution >= 4 is 32.5 Å². The summed E-state index contributed by atoms with van der Waals surface area (Å²) in [5.41, 5.74) is 7.45. The van der Waals surface area contributed by atoms with Crippen LogP contribution in [0.2, 0.25) is 0 Å². The summed E-state index contributed by atoms with van der Waals surface area (Å²) < 4.78 is 0.984. The zero-order valence-corrected chi connectivity index (χ0v) is 7.35. The van der Waals surface area contributed by atoms with Gasteiger partial charge in [0.25, 0.3) is 0 Å². The van der Waals surface area contributed by atoms with Gasteiger partial charge < -0.3 is 10.7 Å². The molecular weight excluding hydrogens is 204 g/mol. The zero-order valence-electron chi connectivity index (χ0n) is 5.76. The largest absolute Gasteiger partial charge is 0.399 e. The first kappa shape index (κ1) is 6.73. The second-order valence-corrected chi connectivity index (χ2v) is 3.32. The Morgan fingerprint density at radius 1 is 1.27 bits per heavy atom. The number of nitrogen functional groups attached to an aromatic ring is 1. The number of H-pyrrole nitrogens is 1. The van der Waals surface area contributed by atoms with Crippen molar-refractivity contribution in [1.29, 1.82) is 0 Å². The second kappa shape index (κ2) is 2.27. The quantitative estimate of drug-likeness (QED) is 0.646. The van der Waals surface area contributed by atoms with Gasteiger partial charge in [-0.2, -0.15) is 0 Å². The van der Waals surface area contributed by atoms with Crippen molar-refractivity contribution in [3.05, 3.63) is 28.9 Å². The molecule has 2 nitrogen and oxygen atoms in total. The van der Waals surface area contributed by atoms with Crippen LogP contribution in [0.1, 0.15) is 0 Å². The van der Waals surface area contributed by atoms with E-state index in [0.29, 0.717) is 0 Å². The number of fused-ring (bicyclic) bond motifs is 1. The predicted octanol–water partition coefficient (Wildman–Crippen LogP) is 2.51. The summed E-state index contributed by atoms with van der Waals surface area (Å²) >= 11 is 3.35. The van der Waals surface area contributed by atoms with Crippen LogP contribution in [0.3, 0.4) is 0 Å². The van der Waals surface area contributed by atoms with Crippen molar-refractivity contribution in [3.63, 3.8) is 0 Å². The van der Waals surface area contributed by atoms with Gasteiger partial charge in [-0.15, -0.1) is 0 Å². The lowest BCUT2D eigenvalue weighted by atomic mass is 10.2. The summed E-state index contributed by atoms with van der Waals surface area (Å²) in [5, 5.41) is 1.17. The highest BCUT2D eigenvalue weighted by atomic mass is 79.9. The Labute approximate surface area is 72.5 Å². The highest BCUT2D eigenvalue weighted by Gasteiger charge is 1.96. The molecule has 0 aliphatic carbocycles. The van der Waals surface area contributed by atoms with Crippen LogP contribution in [0.4, 0.5) is 5.69 Å². The predicted molar refractivity (Wildman–Crippen MR) is 50.4 cm³/mol. The monoisotopic (exact) mass is 210 g/mol. The molecule has 0 saturated heterocycles. The lowest BCUT2D eigenvalue weighted by Crippen LogP contribution is -1.81. The molecule has 0 atom stereocenters. The van der Waals surface area contributed by atoms with E-state index < -0.39 is 0 Å². The number of aromatic amines is 1. The normalized spacial score (nSPS) is 10.6. The molecule has 0 saturated carbocycles. The Hall–Kier alpha value is -0.960. The fourth-order valence-corrected chi connectivity index (χ4v) is 1.57. The second-order valence-electron chi connectivity index (χ2n) is 2.46. The molecule has 0 aliphatic heterocycles. The van der Waals surface area contributed by atoms with Gasteiger partial charge in [0, 0.05) is 16.6 Å². The summed E-state index contributed by atoms with van der Waals surface area (Å²) in [7, 11) is 0. The lowest BCUT2D eigenvalue weighted by Gasteiger charge is -1.90. The Bertz CT molecular complexity index is 392. The number of halogens is 1. The van der Waals surface area contributed by atoms with E-state index in [4.69, 9.17) is 5.73 Å². The van der Waals surface area contributed by atoms with Crippen LogP contribution >= 0.6 is 15.9 Å². The first-order chi connectivity index (χ1) is 5.25. The van der Waals surface area contributed by atoms with Gasteiger partial charge in [0.1, 0.15) is 0 Å². The maximum Gasteiger partial charge on any atom is 0.0830 e. The molecule has 1 heterocycles. The van der Waals surface area contributed by atoms with E-state index in [2.05, 4.69) is 20.9 Å². The topological polar surface area (TPSA) is 41.8 Å². The average Bonchev–Trinajstić information content (AvgIpc) is 2.27. The van der Waals surface area contributed by atoms with Crippen molar-refractivity contribution < 1.29 is 0 Å². The van der Waals surface area contributed by atoms with Crippen LogP contribution in [-0.4, -0.2) is 4.98 Å². The van der Waals surface area contributed by atoms with Gasteiger partial charge >= 0.3 is 0 Å². The van der Waals surface area contributed by atoms with E-state index in [1.165, 1.54) is 5.39 Å². The molecule has 0 bridgehead atoms. The fourth-order valence-electron chi connectivity index (χ4n) is 1.11. The Kier molecular flexibility index (Phi) is 1.39. The standard InChI is InChI=1S/C8H7BrN2/c9-8-3-5-1-2-6(10)4-7(5)11-8/h1-4,11H,10H2. The number of aromatic nitrogens is 1. The van der Waals surface area contributed by atoms with Crippen LogP contribution in [0.15, 0.2) is 28.9 Å². The maximum absolute atomic E-state index is 5.60. The van der Waals surface area contributed by atoms with E-state index in [1.54, 1.807) is 0 Å². The number of hydrogen-bond acceptors (Lipinski definition) is 1. The average molecular weight is 211 g/mol. The van der Waals surface area contributed by atoms with E-state index in [0.717, 1.165) is 15.8 Å². The molecular formula is C8H7BrN2. The molecule has 0 radical (unpaired) electrons. The first-order valence-corrected chi connectivity index (χ1v) is 4.09. The Balaban J connectivity index is 2.82. The van der Waals surface area contributed by atoms with Gasteiger partial charge in [0.2, 0.25) is 0 Å². The molecule has 56 valence electrons. The SMILES string of the molecule is Nc1ccc2cc(Br)[nH]c2c1. The van der Waals surface area contributed by atoms with Crippen LogP contribution in [0, 0.1) is 0 Å². The molecule has 0 unspecified atom stereocenters. The highest BCUT2D eigenvalue weighted by molar-refractivity contribution is 9.10. The van der Waals surface area contributed by atoms with Crippen LogP contribution in [0.5, 0.6) is 0 Å². The number of nitrogens with two attached hydrogens (primary N) is 1. The van der Waals surface area contributed by atoms with Gasteiger partial charge in [-0.3, -0.25) is 0 Å². The number of nitrogens with one attached hydrogen (secondary N) is 1. The minimum atomic E-state index is 0.784. The van der Waals surface area contributed by atoms with Gasteiger partial charge in [0.05, 0.1) is 4.60 Å². The Morgan fingerprint density at radius 2 is 2.09 bits per heavy atom. The zero-order chi connectivity index (χ0) is 7.84. The highest BCUT2D eigenvalue weighted by Crippen LogP contribution is 2.20. The molecule has 11 heavy (non-hydrogen) atoms. The van der Waals surface area contributed by atoms with Crippen LogP contribution in [-0.2, 0) is 0 Å². The van der Waals surface area contributed by atoms with Gasteiger partial charge in [-0.25, -0.2) is 0 Å². The molecule has 0 amide bonds. The van der Waals surface area contributed by atoms with Gasteiger partial charge in [-0.1, -0.05) is 6.07 Å². The van der Waals surface area contributed by atoms with E-state index >= 15 is 0 Å². The minimum Gasteiger partial charge on any atom is -0.399 e. The molecule has 2 aromatic rings. The number of anilines is 1. The van der Waals surface area contributed by atoms with Crippen molar-refractivity contribution in [2.75, 3.05) is 5.73 Å². The molecule has 1 aromatic carbocycles. The number of hydrogen-bond donors (Lipinski definition) is 2. The van der Waals surface area contributed by atoms with E-state index in [-0.39, 0.29) is 0 Å². The smallest absolute Gasteiger partial charge is 0.0830 e. The summed E-state index contributed by atoms with van der Waals surface area (Å²) in [6.07, 6.45) is 0. The van der Waals surface area contributed by atoms with Crippen LogP contribution in [0.25, 0.3) is 10.9 Å². The number of benzene rings is 1. The van der Waals surface area contributed by atoms with Crippen LogP contribution < -0.4 is 5.73 Å². The van der Waals surface area contributed by atoms with Crippen molar-refractivity contribution in [2.45, 2.75) is 0 Å². The van der Waals surface area contributed by atoms with Crippen molar-refractivity contribution in [3.8, 4) is 0 Å². The Morgan fingerprint density at radius 3 is 2.91 bits per heavy atom. The summed E-state index contributed by atoms with van der Waals surface area (Å²) in [6.45, 7) is 0. The summed E-state index contributed by atoms with van der Waals surface area (Å²) in [5.74, 6) is 0. The fraction of sp³-hybridized carbons (Fsp3) is 0. The third-order valence-corrected chi connectivity index (χ3v) is 2.04.